The predicted octanol–water partition coefficient (Wildman–Crippen LogP) is 5.82. The van der Waals surface area contributed by atoms with Gasteiger partial charge in [0.1, 0.15) is 0 Å². The van der Waals surface area contributed by atoms with Crippen LogP contribution in [-0.2, 0) is 27.2 Å². The monoisotopic (exact) mass is 552 g/mol. The van der Waals surface area contributed by atoms with Crippen LogP contribution in [0.3, 0.4) is 0 Å². The van der Waals surface area contributed by atoms with Crippen LogP contribution in [0.4, 0.5) is 0 Å². The molecule has 0 atom stereocenters. The molecule has 1 amide bonds. The van der Waals surface area contributed by atoms with Crippen molar-refractivity contribution in [2.75, 3.05) is 6.54 Å². The summed E-state index contributed by atoms with van der Waals surface area (Å²) >= 11 is 6.00. The Morgan fingerprint density at radius 2 is 1.73 bits per heavy atom. The van der Waals surface area contributed by atoms with E-state index in [0.29, 0.717) is 29.2 Å². The first-order valence-electron chi connectivity index (χ1n) is 13.3. The third-order valence-corrected chi connectivity index (χ3v) is 7.58. The number of carbonyl (C=O) groups excluding carboxylic acids is 4. The van der Waals surface area contributed by atoms with E-state index < -0.39 is 0 Å². The SMILES string of the molecule is Cc1ccc2c(c1)c(CC(=O)NCCCC(=O)C1=Cc3ccccc3CC1=O)c(C)n2C(=O)c1ccc(Cl)cc1. The molecular weight excluding hydrogens is 524 g/mol. The number of nitrogens with one attached hydrogen (secondary N) is 1. The lowest BCUT2D eigenvalue weighted by Crippen LogP contribution is -2.27. The second-order valence-corrected chi connectivity index (χ2v) is 10.6. The van der Waals surface area contributed by atoms with Gasteiger partial charge in [0, 0.05) is 41.1 Å². The smallest absolute Gasteiger partial charge is 0.262 e. The highest BCUT2D eigenvalue weighted by molar-refractivity contribution is 6.30. The van der Waals surface area contributed by atoms with Crippen LogP contribution in [0.1, 0.15) is 51.1 Å². The molecule has 0 radical (unpaired) electrons. The summed E-state index contributed by atoms with van der Waals surface area (Å²) in [6.45, 7) is 4.12. The van der Waals surface area contributed by atoms with E-state index in [1.807, 2.05) is 56.3 Å². The summed E-state index contributed by atoms with van der Waals surface area (Å²) in [4.78, 5) is 51.6. The molecule has 1 aliphatic rings. The number of ketones is 2. The van der Waals surface area contributed by atoms with Crippen molar-refractivity contribution >= 4 is 52.0 Å². The van der Waals surface area contributed by atoms with Gasteiger partial charge in [-0.25, -0.2) is 0 Å². The van der Waals surface area contributed by atoms with Gasteiger partial charge < -0.3 is 5.32 Å². The lowest BCUT2D eigenvalue weighted by atomic mass is 9.88. The molecule has 1 heterocycles. The molecule has 0 aliphatic heterocycles. The predicted molar refractivity (Wildman–Crippen MR) is 157 cm³/mol. The topological polar surface area (TPSA) is 85.2 Å². The number of hydrogen-bond acceptors (Lipinski definition) is 4. The molecule has 40 heavy (non-hydrogen) atoms. The van der Waals surface area contributed by atoms with Crippen molar-refractivity contribution in [3.8, 4) is 0 Å². The van der Waals surface area contributed by atoms with Gasteiger partial charge in [0.05, 0.1) is 17.5 Å². The minimum atomic E-state index is -0.205. The highest BCUT2D eigenvalue weighted by Crippen LogP contribution is 2.29. The quantitative estimate of drug-likeness (QED) is 0.220. The van der Waals surface area contributed by atoms with Crippen LogP contribution in [-0.4, -0.2) is 34.5 Å². The van der Waals surface area contributed by atoms with Gasteiger partial charge >= 0.3 is 0 Å². The number of aromatic nitrogens is 1. The number of fused-ring (bicyclic) bond motifs is 2. The van der Waals surface area contributed by atoms with Crippen LogP contribution in [0.2, 0.25) is 5.02 Å². The Morgan fingerprint density at radius 1 is 0.975 bits per heavy atom. The molecule has 5 rings (SSSR count). The van der Waals surface area contributed by atoms with Crippen molar-refractivity contribution in [3.05, 3.63) is 111 Å². The number of nitrogens with zero attached hydrogens (tertiary/aromatic N) is 1. The van der Waals surface area contributed by atoms with Gasteiger partial charge in [-0.2, -0.15) is 0 Å². The van der Waals surface area contributed by atoms with Crippen molar-refractivity contribution in [2.45, 2.75) is 39.5 Å². The summed E-state index contributed by atoms with van der Waals surface area (Å²) in [7, 11) is 0. The number of hydrogen-bond donors (Lipinski definition) is 1. The fourth-order valence-corrected chi connectivity index (χ4v) is 5.34. The van der Waals surface area contributed by atoms with Gasteiger partial charge in [-0.1, -0.05) is 47.5 Å². The van der Waals surface area contributed by atoms with Crippen LogP contribution in [0, 0.1) is 13.8 Å². The maximum Gasteiger partial charge on any atom is 0.262 e. The number of aryl methyl sites for hydroxylation is 1. The zero-order valence-corrected chi connectivity index (χ0v) is 23.2. The third-order valence-electron chi connectivity index (χ3n) is 7.33. The first-order valence-corrected chi connectivity index (χ1v) is 13.6. The van der Waals surface area contributed by atoms with Gasteiger partial charge in [0.2, 0.25) is 5.91 Å². The molecule has 0 saturated carbocycles. The summed E-state index contributed by atoms with van der Waals surface area (Å²) < 4.78 is 1.65. The molecule has 0 unspecified atom stereocenters. The van der Waals surface area contributed by atoms with Crippen LogP contribution in [0.15, 0.2) is 72.3 Å². The van der Waals surface area contributed by atoms with E-state index >= 15 is 0 Å². The van der Waals surface area contributed by atoms with Gasteiger partial charge in [-0.05, 0) is 79.4 Å². The minimum absolute atomic E-state index is 0.0983. The van der Waals surface area contributed by atoms with E-state index in [2.05, 4.69) is 5.32 Å². The zero-order valence-electron chi connectivity index (χ0n) is 22.4. The highest BCUT2D eigenvalue weighted by atomic mass is 35.5. The maximum atomic E-state index is 13.4. The molecule has 7 heteroatoms. The van der Waals surface area contributed by atoms with Crippen molar-refractivity contribution < 1.29 is 19.2 Å². The van der Waals surface area contributed by atoms with Gasteiger partial charge in [0.25, 0.3) is 5.91 Å². The Morgan fingerprint density at radius 3 is 2.50 bits per heavy atom. The fourth-order valence-electron chi connectivity index (χ4n) is 5.21. The summed E-state index contributed by atoms with van der Waals surface area (Å²) in [5.41, 5.74) is 5.81. The second kappa shape index (κ2) is 11.4. The van der Waals surface area contributed by atoms with E-state index in [1.165, 1.54) is 0 Å². The normalized spacial score (nSPS) is 12.7. The van der Waals surface area contributed by atoms with Crippen molar-refractivity contribution in [1.29, 1.82) is 0 Å². The Hall–Kier alpha value is -4.29. The van der Waals surface area contributed by atoms with E-state index in [-0.39, 0.29) is 48.2 Å². The van der Waals surface area contributed by atoms with Crippen molar-refractivity contribution in [1.82, 2.24) is 9.88 Å². The average Bonchev–Trinajstić information content (AvgIpc) is 3.20. The summed E-state index contributed by atoms with van der Waals surface area (Å²) in [6, 6.07) is 20.1. The number of carbonyl (C=O) groups is 4. The minimum Gasteiger partial charge on any atom is -0.356 e. The molecule has 3 aromatic carbocycles. The fraction of sp³-hybridized carbons (Fsp3) is 0.212. The van der Waals surface area contributed by atoms with Crippen LogP contribution in [0.5, 0.6) is 0 Å². The summed E-state index contributed by atoms with van der Waals surface area (Å²) in [5, 5.41) is 4.30. The molecular formula is C33H29ClN2O4. The molecule has 0 spiro atoms. The Bertz CT molecular complexity index is 1700. The Labute approximate surface area is 237 Å². The van der Waals surface area contributed by atoms with E-state index in [0.717, 1.165) is 33.2 Å². The lowest BCUT2D eigenvalue weighted by Gasteiger charge is -2.14. The van der Waals surface area contributed by atoms with Crippen LogP contribution < -0.4 is 5.32 Å². The van der Waals surface area contributed by atoms with E-state index in [9.17, 15) is 19.2 Å². The van der Waals surface area contributed by atoms with Gasteiger partial charge in [-0.3, -0.25) is 23.7 Å². The van der Waals surface area contributed by atoms with Crippen molar-refractivity contribution in [2.24, 2.45) is 0 Å². The van der Waals surface area contributed by atoms with Crippen LogP contribution in [0.25, 0.3) is 17.0 Å². The largest absolute Gasteiger partial charge is 0.356 e. The first-order chi connectivity index (χ1) is 19.2. The molecule has 0 bridgehead atoms. The number of benzene rings is 3. The molecule has 0 fully saturated rings. The summed E-state index contributed by atoms with van der Waals surface area (Å²) in [5.74, 6) is -0.758. The number of halogens is 1. The molecule has 1 aliphatic carbocycles. The standard InChI is InChI=1S/C33H29ClN2O4/c1-20-9-14-29-27(16-20)26(21(2)36(29)33(40)22-10-12-25(34)13-11-22)19-32(39)35-15-5-8-30(37)28-17-23-6-3-4-7-24(23)18-31(28)38/h3-4,6-7,9-14,16-17H,5,8,15,18-19H2,1-2H3,(H,35,39). The van der Waals surface area contributed by atoms with Gasteiger partial charge in [0.15, 0.2) is 11.6 Å². The highest BCUT2D eigenvalue weighted by Gasteiger charge is 2.24. The van der Waals surface area contributed by atoms with Crippen LogP contribution >= 0.6 is 11.6 Å². The first kappa shape index (κ1) is 27.3. The Kier molecular flexibility index (Phi) is 7.81. The van der Waals surface area contributed by atoms with E-state index in [1.54, 1.807) is 34.9 Å². The molecule has 6 nitrogen and oxygen atoms in total. The average molecular weight is 553 g/mol. The van der Waals surface area contributed by atoms with Gasteiger partial charge in [-0.15, -0.1) is 0 Å². The molecule has 0 saturated heterocycles. The molecule has 202 valence electrons. The molecule has 1 aromatic heterocycles. The summed E-state index contributed by atoms with van der Waals surface area (Å²) in [6.07, 6.45) is 2.60. The molecule has 1 N–H and O–H groups in total. The lowest BCUT2D eigenvalue weighted by molar-refractivity contribution is -0.122. The molecule has 4 aromatic rings. The number of allylic oxidation sites excluding steroid dienone is 1. The zero-order chi connectivity index (χ0) is 28.4. The second-order valence-electron chi connectivity index (χ2n) is 10.1. The van der Waals surface area contributed by atoms with E-state index in [4.69, 9.17) is 11.6 Å². The third kappa shape index (κ3) is 5.54. The number of Topliss-reactive ketones (excluding diaryl/α,β-unsaturated/α-hetero) is 2. The number of amides is 1. The van der Waals surface area contributed by atoms with Crippen molar-refractivity contribution in [3.63, 3.8) is 0 Å². The maximum absolute atomic E-state index is 13.4. The Balaban J connectivity index is 1.25. The number of rotatable bonds is 8.